The first kappa shape index (κ1) is 15.7. The van der Waals surface area contributed by atoms with Gasteiger partial charge in [-0.25, -0.2) is 0 Å². The summed E-state index contributed by atoms with van der Waals surface area (Å²) in [6.07, 6.45) is 0.702. The van der Waals surface area contributed by atoms with Crippen molar-refractivity contribution in [1.29, 1.82) is 0 Å². The first-order chi connectivity index (χ1) is 9.97. The summed E-state index contributed by atoms with van der Waals surface area (Å²) in [6, 6.07) is 10.2. The summed E-state index contributed by atoms with van der Waals surface area (Å²) < 4.78 is 5.27. The number of nitrogens with one attached hydrogen (secondary N) is 1. The van der Waals surface area contributed by atoms with Crippen LogP contribution in [0.2, 0.25) is 0 Å². The van der Waals surface area contributed by atoms with Crippen LogP contribution < -0.4 is 5.32 Å². The van der Waals surface area contributed by atoms with Gasteiger partial charge < -0.3 is 14.7 Å². The van der Waals surface area contributed by atoms with Crippen molar-refractivity contribution in [2.45, 2.75) is 32.4 Å². The smallest absolute Gasteiger partial charge is 0.240 e. The number of likely N-dealkylation sites (N-methyl/N-ethyl adjacent to an activating group) is 1. The van der Waals surface area contributed by atoms with Crippen molar-refractivity contribution in [1.82, 2.24) is 20.4 Å². The summed E-state index contributed by atoms with van der Waals surface area (Å²) in [5.41, 5.74) is 1.28. The average molecular weight is 288 g/mol. The fraction of sp³-hybridized carbons (Fsp3) is 0.500. The van der Waals surface area contributed by atoms with Crippen molar-refractivity contribution in [2.75, 3.05) is 20.6 Å². The normalized spacial score (nSPS) is 12.0. The Kier molecular flexibility index (Phi) is 5.09. The predicted octanol–water partition coefficient (Wildman–Crippen LogP) is 2.09. The van der Waals surface area contributed by atoms with Gasteiger partial charge in [0, 0.05) is 18.5 Å². The fourth-order valence-electron chi connectivity index (χ4n) is 1.85. The first-order valence-corrected chi connectivity index (χ1v) is 7.21. The van der Waals surface area contributed by atoms with Crippen LogP contribution >= 0.6 is 0 Å². The summed E-state index contributed by atoms with van der Waals surface area (Å²) in [7, 11) is 4.15. The molecule has 2 rings (SSSR count). The van der Waals surface area contributed by atoms with Gasteiger partial charge in [-0.15, -0.1) is 0 Å². The molecule has 0 radical (unpaired) electrons. The topological polar surface area (TPSA) is 54.2 Å². The lowest BCUT2D eigenvalue weighted by Gasteiger charge is -2.32. The predicted molar refractivity (Wildman–Crippen MR) is 83.0 cm³/mol. The van der Waals surface area contributed by atoms with E-state index in [0.29, 0.717) is 18.9 Å². The molecule has 21 heavy (non-hydrogen) atoms. The summed E-state index contributed by atoms with van der Waals surface area (Å²) >= 11 is 0. The molecule has 5 heteroatoms. The maximum atomic E-state index is 5.27. The number of hydrogen-bond acceptors (Lipinski definition) is 5. The second kappa shape index (κ2) is 6.83. The number of rotatable bonds is 7. The molecule has 1 N–H and O–H groups in total. The van der Waals surface area contributed by atoms with E-state index in [1.807, 2.05) is 18.2 Å². The maximum absolute atomic E-state index is 5.27. The number of aromatic nitrogens is 2. The van der Waals surface area contributed by atoms with Gasteiger partial charge >= 0.3 is 0 Å². The van der Waals surface area contributed by atoms with Crippen LogP contribution in [0.5, 0.6) is 0 Å². The third kappa shape index (κ3) is 4.65. The monoisotopic (exact) mass is 288 g/mol. The molecule has 0 unspecified atom stereocenters. The Morgan fingerprint density at radius 2 is 1.90 bits per heavy atom. The lowest BCUT2D eigenvalue weighted by molar-refractivity contribution is 0.187. The Bertz CT molecular complexity index is 548. The highest BCUT2D eigenvalue weighted by atomic mass is 16.5. The van der Waals surface area contributed by atoms with Crippen molar-refractivity contribution in [3.8, 4) is 0 Å². The van der Waals surface area contributed by atoms with Gasteiger partial charge in [-0.05, 0) is 33.5 Å². The molecule has 0 spiro atoms. The second-order valence-electron chi connectivity index (χ2n) is 6.08. The van der Waals surface area contributed by atoms with Crippen LogP contribution in [0.4, 0.5) is 0 Å². The van der Waals surface area contributed by atoms with Crippen LogP contribution in [0.1, 0.15) is 31.1 Å². The quantitative estimate of drug-likeness (QED) is 0.845. The molecule has 0 atom stereocenters. The van der Waals surface area contributed by atoms with E-state index >= 15 is 0 Å². The number of benzene rings is 1. The SMILES string of the molecule is CN(C)C(C)(C)CNCc1nc(Cc2ccccc2)no1. The van der Waals surface area contributed by atoms with Crippen LogP contribution in [0.15, 0.2) is 34.9 Å². The standard InChI is InChI=1S/C16H24N4O/c1-16(2,20(3)4)12-17-11-15-18-14(19-21-15)10-13-8-6-5-7-9-13/h5-9,17H,10-12H2,1-4H3. The van der Waals surface area contributed by atoms with E-state index in [1.54, 1.807) is 0 Å². The van der Waals surface area contributed by atoms with Crippen molar-refractivity contribution in [3.05, 3.63) is 47.6 Å². The van der Waals surface area contributed by atoms with E-state index in [-0.39, 0.29) is 5.54 Å². The van der Waals surface area contributed by atoms with Crippen LogP contribution in [0.25, 0.3) is 0 Å². The molecule has 0 fully saturated rings. The molecule has 114 valence electrons. The molecule has 0 aliphatic heterocycles. The van der Waals surface area contributed by atoms with Crippen LogP contribution in [-0.4, -0.2) is 41.2 Å². The zero-order valence-electron chi connectivity index (χ0n) is 13.3. The third-order valence-corrected chi connectivity index (χ3v) is 3.76. The van der Waals surface area contributed by atoms with Gasteiger partial charge in [0.25, 0.3) is 0 Å². The van der Waals surface area contributed by atoms with Crippen molar-refractivity contribution < 1.29 is 4.52 Å². The van der Waals surface area contributed by atoms with E-state index in [2.05, 4.69) is 60.4 Å². The van der Waals surface area contributed by atoms with Gasteiger partial charge in [0.2, 0.25) is 5.89 Å². The van der Waals surface area contributed by atoms with E-state index in [1.165, 1.54) is 5.56 Å². The highest BCUT2D eigenvalue weighted by Crippen LogP contribution is 2.09. The van der Waals surface area contributed by atoms with Crippen molar-refractivity contribution in [3.63, 3.8) is 0 Å². The molecular weight excluding hydrogens is 264 g/mol. The molecule has 0 amide bonds. The Balaban J connectivity index is 1.84. The van der Waals surface area contributed by atoms with Gasteiger partial charge in [0.1, 0.15) is 0 Å². The van der Waals surface area contributed by atoms with Crippen LogP contribution in [-0.2, 0) is 13.0 Å². The second-order valence-corrected chi connectivity index (χ2v) is 6.08. The molecule has 0 aliphatic rings. The van der Waals surface area contributed by atoms with Gasteiger partial charge in [-0.3, -0.25) is 0 Å². The summed E-state index contributed by atoms with van der Waals surface area (Å²) in [4.78, 5) is 6.61. The largest absolute Gasteiger partial charge is 0.338 e. The van der Waals surface area contributed by atoms with Gasteiger partial charge in [-0.2, -0.15) is 4.98 Å². The Labute approximate surface area is 126 Å². The van der Waals surface area contributed by atoms with E-state index in [9.17, 15) is 0 Å². The Hall–Kier alpha value is -1.72. The molecule has 0 bridgehead atoms. The lowest BCUT2D eigenvalue weighted by Crippen LogP contribution is -2.46. The molecule has 1 aromatic heterocycles. The molecule has 1 heterocycles. The summed E-state index contributed by atoms with van der Waals surface area (Å²) in [5.74, 6) is 1.36. The molecule has 0 saturated heterocycles. The minimum absolute atomic E-state index is 0.0902. The Morgan fingerprint density at radius 3 is 2.57 bits per heavy atom. The van der Waals surface area contributed by atoms with E-state index < -0.39 is 0 Å². The lowest BCUT2D eigenvalue weighted by atomic mass is 10.0. The van der Waals surface area contributed by atoms with Gasteiger partial charge in [0.15, 0.2) is 5.82 Å². The average Bonchev–Trinajstić information content (AvgIpc) is 2.87. The maximum Gasteiger partial charge on any atom is 0.240 e. The minimum Gasteiger partial charge on any atom is -0.338 e. The van der Waals surface area contributed by atoms with Gasteiger partial charge in [0.05, 0.1) is 6.54 Å². The Morgan fingerprint density at radius 1 is 1.19 bits per heavy atom. The highest BCUT2D eigenvalue weighted by molar-refractivity contribution is 5.18. The van der Waals surface area contributed by atoms with E-state index in [0.717, 1.165) is 12.4 Å². The zero-order valence-corrected chi connectivity index (χ0v) is 13.3. The fourth-order valence-corrected chi connectivity index (χ4v) is 1.85. The van der Waals surface area contributed by atoms with Crippen LogP contribution in [0, 0.1) is 0 Å². The molecule has 1 aromatic carbocycles. The number of hydrogen-bond donors (Lipinski definition) is 1. The summed E-state index contributed by atoms with van der Waals surface area (Å²) in [6.45, 7) is 5.83. The number of nitrogens with zero attached hydrogens (tertiary/aromatic N) is 3. The molecule has 0 aliphatic carbocycles. The molecule has 5 nitrogen and oxygen atoms in total. The minimum atomic E-state index is 0.0902. The van der Waals surface area contributed by atoms with Gasteiger partial charge in [-0.1, -0.05) is 35.5 Å². The first-order valence-electron chi connectivity index (χ1n) is 7.21. The molecule has 0 saturated carbocycles. The molecule has 2 aromatic rings. The van der Waals surface area contributed by atoms with E-state index in [4.69, 9.17) is 4.52 Å². The van der Waals surface area contributed by atoms with Crippen LogP contribution in [0.3, 0.4) is 0 Å². The highest BCUT2D eigenvalue weighted by Gasteiger charge is 2.19. The van der Waals surface area contributed by atoms with Crippen molar-refractivity contribution in [2.24, 2.45) is 0 Å². The molecular formula is C16H24N4O. The third-order valence-electron chi connectivity index (χ3n) is 3.76. The van der Waals surface area contributed by atoms with Crippen molar-refractivity contribution >= 4 is 0 Å². The summed E-state index contributed by atoms with van der Waals surface area (Å²) in [5, 5.41) is 7.39. The zero-order chi connectivity index (χ0) is 15.3.